The van der Waals surface area contributed by atoms with Crippen molar-refractivity contribution in [3.8, 4) is 5.75 Å². The molecule has 0 aliphatic rings. The van der Waals surface area contributed by atoms with Gasteiger partial charge in [0.2, 0.25) is 0 Å². The fourth-order valence-corrected chi connectivity index (χ4v) is 12.5. The van der Waals surface area contributed by atoms with Crippen LogP contribution in [0.25, 0.3) is 0 Å². The van der Waals surface area contributed by atoms with Crippen LogP contribution >= 0.6 is 20.8 Å². The number of hydrogen-bond acceptors (Lipinski definition) is 2. The fraction of sp³-hybridized carbons (Fsp3) is 0.200. The van der Waals surface area contributed by atoms with Crippen LogP contribution in [0, 0.1) is 0 Å². The molecule has 2 nitrogen and oxygen atoms in total. The number of nitrogens with one attached hydrogen (secondary N) is 1. The van der Waals surface area contributed by atoms with Crippen molar-refractivity contribution in [3.05, 3.63) is 121 Å². The Hall–Kier alpha value is -2.45. The van der Waals surface area contributed by atoms with Gasteiger partial charge in [0.15, 0.2) is 0 Å². The Morgan fingerprint density at radius 3 is 1.56 bits per heavy atom. The van der Waals surface area contributed by atoms with Crippen LogP contribution in [0.3, 0.4) is 0 Å². The van der Waals surface area contributed by atoms with E-state index in [0.29, 0.717) is 12.3 Å². The quantitative estimate of drug-likeness (QED) is 0.170. The third-order valence-electron chi connectivity index (χ3n) is 6.62. The number of unbranched alkanes of at least 4 members (excludes halogenated alkanes) is 2. The molecule has 4 aromatic carbocycles. The molecule has 2 N–H and O–H groups in total. The maximum absolute atomic E-state index is 9.95. The molecule has 4 heteroatoms. The van der Waals surface area contributed by atoms with Gasteiger partial charge in [-0.15, -0.1) is 0 Å². The second-order valence-corrected chi connectivity index (χ2v) is 17.8. The molecule has 0 fully saturated rings. The Kier molecular flexibility index (Phi) is 8.21. The molecule has 0 heterocycles. The molecule has 0 spiro atoms. The Morgan fingerprint density at radius 2 is 1.06 bits per heavy atom. The van der Waals surface area contributed by atoms with Crippen LogP contribution in [-0.4, -0.2) is 17.8 Å². The van der Waals surface area contributed by atoms with Crippen LogP contribution in [0.15, 0.2) is 115 Å². The van der Waals surface area contributed by atoms with Crippen molar-refractivity contribution in [2.24, 2.45) is 0 Å². The van der Waals surface area contributed by atoms with Crippen LogP contribution in [0.2, 0.25) is 0 Å². The van der Waals surface area contributed by atoms with Gasteiger partial charge in [0.25, 0.3) is 0 Å². The molecule has 0 bridgehead atoms. The maximum atomic E-state index is 9.95. The van der Waals surface area contributed by atoms with Crippen LogP contribution in [0.4, 0.5) is 0 Å². The van der Waals surface area contributed by atoms with Gasteiger partial charge in [0.1, 0.15) is 0 Å². The van der Waals surface area contributed by atoms with Crippen LogP contribution < -0.4 is 21.2 Å². The third-order valence-corrected chi connectivity index (χ3v) is 16.7. The fourth-order valence-electron chi connectivity index (χ4n) is 4.77. The zero-order valence-electron chi connectivity index (χ0n) is 19.5. The number of phenolic OH excluding ortho intramolecular Hbond substituents is 1. The molecule has 0 saturated heterocycles. The Morgan fingerprint density at radius 1 is 0.588 bits per heavy atom. The summed E-state index contributed by atoms with van der Waals surface area (Å²) in [5.74, 6) is 0.361. The molecule has 176 valence electrons. The second-order valence-electron chi connectivity index (χ2n) is 8.78. The predicted molar refractivity (Wildman–Crippen MR) is 153 cm³/mol. The minimum atomic E-state index is -2.81. The second kappa shape index (κ2) is 11.3. The number of halogens is 1. The Bertz CT molecular complexity index is 1070. The van der Waals surface area contributed by atoms with Gasteiger partial charge in [-0.3, -0.25) is 0 Å². The van der Waals surface area contributed by atoms with E-state index < -0.39 is 5.31 Å². The molecule has 0 saturated carbocycles. The number of phenols is 1. The first kappa shape index (κ1) is 24.7. The summed E-state index contributed by atoms with van der Waals surface area (Å²) >= 11 is 4.53. The van der Waals surface area contributed by atoms with Crippen molar-refractivity contribution < 1.29 is 5.11 Å². The van der Waals surface area contributed by atoms with Crippen molar-refractivity contribution in [3.63, 3.8) is 0 Å². The Labute approximate surface area is 211 Å². The van der Waals surface area contributed by atoms with Gasteiger partial charge in [0, 0.05) is 0 Å². The van der Waals surface area contributed by atoms with Crippen molar-refractivity contribution in [2.75, 3.05) is 12.7 Å². The van der Waals surface area contributed by atoms with Crippen LogP contribution in [0.5, 0.6) is 5.75 Å². The number of benzene rings is 4. The monoisotopic (exact) mass is 533 g/mol. The molecule has 0 aliphatic heterocycles. The summed E-state index contributed by atoms with van der Waals surface area (Å²) in [5.41, 5.74) is 0.949. The van der Waals surface area contributed by atoms with Crippen molar-refractivity contribution in [2.45, 2.75) is 25.8 Å². The summed E-state index contributed by atoms with van der Waals surface area (Å²) in [4.78, 5) is 0. The van der Waals surface area contributed by atoms with Crippen LogP contribution in [-0.2, 0) is 6.54 Å². The topological polar surface area (TPSA) is 32.3 Å². The third kappa shape index (κ3) is 5.13. The van der Waals surface area contributed by atoms with Gasteiger partial charge >= 0.3 is 212 Å². The molecule has 0 aliphatic carbocycles. The van der Waals surface area contributed by atoms with E-state index in [9.17, 15) is 5.11 Å². The van der Waals surface area contributed by atoms with Gasteiger partial charge in [0.05, 0.1) is 0 Å². The molecule has 0 atom stereocenters. The van der Waals surface area contributed by atoms with Gasteiger partial charge in [-0.05, 0) is 0 Å². The van der Waals surface area contributed by atoms with Gasteiger partial charge in [-0.25, -0.2) is 0 Å². The van der Waals surface area contributed by atoms with E-state index in [4.69, 9.17) is 0 Å². The molecule has 0 unspecified atom stereocenters. The summed E-state index contributed by atoms with van der Waals surface area (Å²) in [6.07, 6.45) is 4.44. The molecule has 34 heavy (non-hydrogen) atoms. The van der Waals surface area contributed by atoms with Gasteiger partial charge < -0.3 is 0 Å². The average molecular weight is 534 g/mol. The first-order valence-electron chi connectivity index (χ1n) is 12.0. The van der Waals surface area contributed by atoms with Crippen molar-refractivity contribution in [1.82, 2.24) is 5.32 Å². The van der Waals surface area contributed by atoms with E-state index in [1.165, 1.54) is 15.9 Å². The van der Waals surface area contributed by atoms with E-state index in [-0.39, 0.29) is 0 Å². The first-order valence-corrected chi connectivity index (χ1v) is 16.4. The molecule has 0 amide bonds. The zero-order chi connectivity index (χ0) is 23.7. The molecule has 0 radical (unpaired) electrons. The summed E-state index contributed by atoms with van der Waals surface area (Å²) in [6, 6.07) is 40.5. The van der Waals surface area contributed by atoms with E-state index in [1.54, 1.807) is 6.07 Å². The molecule has 4 aromatic rings. The summed E-state index contributed by atoms with van der Waals surface area (Å²) in [7, 11) is 0. The summed E-state index contributed by atoms with van der Waals surface area (Å²) in [5, 5.41) is 14.8. The van der Waals surface area contributed by atoms with Crippen molar-refractivity contribution >= 4 is 36.7 Å². The number of aromatic hydroxyl groups is 1. The molecule has 0 aromatic heterocycles. The number of rotatable bonds is 11. The predicted octanol–water partition coefficient (Wildman–Crippen LogP) is 6.49. The van der Waals surface area contributed by atoms with E-state index in [2.05, 4.69) is 112 Å². The minimum absolute atomic E-state index is 0.361. The molecular formula is C30H33BrNOP. The number of hydrogen-bond donors (Lipinski definition) is 2. The van der Waals surface area contributed by atoms with Gasteiger partial charge in [-0.1, -0.05) is 0 Å². The average Bonchev–Trinajstić information content (AvgIpc) is 2.90. The molecular weight excluding hydrogens is 501 g/mol. The standard InChI is InChI=1S/C30H33BrNOP/c31-34(27-16-5-1-6-17-27,28-18-7-2-8-19-28,29-20-9-3-10-21-29)24-14-4-13-23-32-25-26-15-11-12-22-30(26)33/h1-3,5-12,15-22,32-33H,4,13-14,23-25H2. The van der Waals surface area contributed by atoms with E-state index in [1.807, 2.05) is 18.2 Å². The summed E-state index contributed by atoms with van der Waals surface area (Å²) in [6.45, 7) is 1.64. The van der Waals surface area contributed by atoms with E-state index >= 15 is 0 Å². The SMILES string of the molecule is Oc1ccccc1CNCCCCCP(Br)(c1ccccc1)(c1ccccc1)c1ccccc1. The van der Waals surface area contributed by atoms with Crippen LogP contribution in [0.1, 0.15) is 24.8 Å². The zero-order valence-corrected chi connectivity index (χ0v) is 22.0. The van der Waals surface area contributed by atoms with Gasteiger partial charge in [-0.2, -0.15) is 0 Å². The summed E-state index contributed by atoms with van der Waals surface area (Å²) < 4.78 is 0. The van der Waals surface area contributed by atoms with Crippen molar-refractivity contribution in [1.29, 1.82) is 0 Å². The number of para-hydroxylation sites is 1. The first-order chi connectivity index (χ1) is 16.6. The Balaban J connectivity index is 1.52. The van der Waals surface area contributed by atoms with E-state index in [0.717, 1.165) is 37.5 Å². The normalized spacial score (nSPS) is 12.7. The molecule has 4 rings (SSSR count).